The molecule has 0 aromatic heterocycles. The zero-order valence-corrected chi connectivity index (χ0v) is 15.5. The standard InChI is InChI=1S/C18H25ClN2O2S/c19-16-4-2-1-3-15(16)13-17(22)20-14-18(5-11-24-12-6-18)21-7-9-23-10-8-21/h1-4H,5-14H2,(H,20,22). The van der Waals surface area contributed by atoms with Crippen molar-refractivity contribution < 1.29 is 9.53 Å². The van der Waals surface area contributed by atoms with Gasteiger partial charge in [-0.25, -0.2) is 0 Å². The Bertz CT molecular complexity index is 558. The lowest BCUT2D eigenvalue weighted by Crippen LogP contribution is -2.60. The lowest BCUT2D eigenvalue weighted by Gasteiger charge is -2.48. The third-order valence-corrected chi connectivity index (χ3v) is 6.38. The van der Waals surface area contributed by atoms with E-state index in [0.29, 0.717) is 11.4 Å². The Balaban J connectivity index is 1.60. The molecular weight excluding hydrogens is 344 g/mol. The normalized spacial score (nSPS) is 21.4. The lowest BCUT2D eigenvalue weighted by atomic mass is 9.89. The smallest absolute Gasteiger partial charge is 0.224 e. The molecule has 0 spiro atoms. The molecule has 6 heteroatoms. The average Bonchev–Trinajstić information content (AvgIpc) is 2.63. The van der Waals surface area contributed by atoms with Crippen LogP contribution in [-0.2, 0) is 16.0 Å². The molecule has 2 saturated heterocycles. The van der Waals surface area contributed by atoms with Crippen molar-refractivity contribution in [2.45, 2.75) is 24.8 Å². The van der Waals surface area contributed by atoms with E-state index in [9.17, 15) is 4.79 Å². The summed E-state index contributed by atoms with van der Waals surface area (Å²) in [5.41, 5.74) is 0.974. The van der Waals surface area contributed by atoms with Crippen LogP contribution in [0.25, 0.3) is 0 Å². The fraction of sp³-hybridized carbons (Fsp3) is 0.611. The zero-order chi connectivity index (χ0) is 16.8. The number of halogens is 1. The Hall–Kier alpha value is -0.750. The summed E-state index contributed by atoms with van der Waals surface area (Å²) >= 11 is 8.17. The van der Waals surface area contributed by atoms with E-state index in [0.717, 1.165) is 62.8 Å². The minimum atomic E-state index is 0.0500. The van der Waals surface area contributed by atoms with E-state index >= 15 is 0 Å². The van der Waals surface area contributed by atoms with Crippen LogP contribution in [0.1, 0.15) is 18.4 Å². The predicted octanol–water partition coefficient (Wildman–Crippen LogP) is 2.60. The molecule has 2 aliphatic rings. The van der Waals surface area contributed by atoms with Crippen LogP contribution in [0.15, 0.2) is 24.3 Å². The summed E-state index contributed by atoms with van der Waals surface area (Å²) in [5, 5.41) is 3.83. The van der Waals surface area contributed by atoms with Crippen LogP contribution in [0.4, 0.5) is 0 Å². The second-order valence-electron chi connectivity index (χ2n) is 6.48. The van der Waals surface area contributed by atoms with Gasteiger partial charge in [0, 0.05) is 30.2 Å². The third kappa shape index (κ3) is 4.45. The number of thioether (sulfide) groups is 1. The summed E-state index contributed by atoms with van der Waals surface area (Å²) in [4.78, 5) is 14.9. The van der Waals surface area contributed by atoms with Gasteiger partial charge in [0.05, 0.1) is 19.6 Å². The largest absolute Gasteiger partial charge is 0.379 e. The average molecular weight is 369 g/mol. The SMILES string of the molecule is O=C(Cc1ccccc1Cl)NCC1(N2CCOCC2)CCSCC1. The highest BCUT2D eigenvalue weighted by atomic mass is 35.5. The van der Waals surface area contributed by atoms with Crippen LogP contribution in [0.5, 0.6) is 0 Å². The van der Waals surface area contributed by atoms with Crippen molar-refractivity contribution in [1.82, 2.24) is 10.2 Å². The highest BCUT2D eigenvalue weighted by Gasteiger charge is 2.39. The molecule has 2 aliphatic heterocycles. The topological polar surface area (TPSA) is 41.6 Å². The Morgan fingerprint density at radius 2 is 1.96 bits per heavy atom. The molecule has 24 heavy (non-hydrogen) atoms. The quantitative estimate of drug-likeness (QED) is 0.867. The van der Waals surface area contributed by atoms with E-state index in [1.807, 2.05) is 36.0 Å². The maximum atomic E-state index is 12.4. The number of rotatable bonds is 5. The molecule has 2 heterocycles. The zero-order valence-electron chi connectivity index (χ0n) is 13.9. The van der Waals surface area contributed by atoms with Crippen LogP contribution in [-0.4, -0.2) is 60.7 Å². The van der Waals surface area contributed by atoms with Crippen LogP contribution in [0.2, 0.25) is 5.02 Å². The lowest BCUT2D eigenvalue weighted by molar-refractivity contribution is -0.121. The molecule has 4 nitrogen and oxygen atoms in total. The summed E-state index contributed by atoms with van der Waals surface area (Å²) in [6.07, 6.45) is 2.60. The summed E-state index contributed by atoms with van der Waals surface area (Å²) in [6.45, 7) is 4.23. The van der Waals surface area contributed by atoms with E-state index in [1.165, 1.54) is 0 Å². The molecule has 132 valence electrons. The van der Waals surface area contributed by atoms with Gasteiger partial charge in [-0.2, -0.15) is 11.8 Å². The Morgan fingerprint density at radius 1 is 1.25 bits per heavy atom. The Morgan fingerprint density at radius 3 is 2.67 bits per heavy atom. The van der Waals surface area contributed by atoms with Gasteiger partial charge >= 0.3 is 0 Å². The maximum absolute atomic E-state index is 12.4. The highest BCUT2D eigenvalue weighted by molar-refractivity contribution is 7.99. The fourth-order valence-corrected chi connectivity index (χ4v) is 4.99. The van der Waals surface area contributed by atoms with Crippen molar-refractivity contribution in [2.75, 3.05) is 44.4 Å². The molecule has 1 amide bonds. The second kappa shape index (κ2) is 8.56. The highest BCUT2D eigenvalue weighted by Crippen LogP contribution is 2.32. The van der Waals surface area contributed by atoms with Crippen molar-refractivity contribution in [3.8, 4) is 0 Å². The molecule has 1 N–H and O–H groups in total. The number of nitrogens with one attached hydrogen (secondary N) is 1. The van der Waals surface area contributed by atoms with Crippen LogP contribution in [0.3, 0.4) is 0 Å². The minimum Gasteiger partial charge on any atom is -0.379 e. The molecule has 0 bridgehead atoms. The van der Waals surface area contributed by atoms with Gasteiger partial charge in [0.15, 0.2) is 0 Å². The molecule has 0 atom stereocenters. The number of morpholine rings is 1. The molecule has 2 fully saturated rings. The Kier molecular flexibility index (Phi) is 6.44. The van der Waals surface area contributed by atoms with E-state index in [2.05, 4.69) is 10.2 Å². The molecule has 3 rings (SSSR count). The van der Waals surface area contributed by atoms with Crippen molar-refractivity contribution in [2.24, 2.45) is 0 Å². The molecule has 1 aromatic rings. The Labute approximate surface area is 153 Å². The van der Waals surface area contributed by atoms with Crippen molar-refractivity contribution >= 4 is 29.3 Å². The molecule has 0 aliphatic carbocycles. The van der Waals surface area contributed by atoms with Gasteiger partial charge in [-0.05, 0) is 36.0 Å². The second-order valence-corrected chi connectivity index (χ2v) is 8.11. The predicted molar refractivity (Wildman–Crippen MR) is 99.8 cm³/mol. The van der Waals surface area contributed by atoms with E-state index in [-0.39, 0.29) is 11.4 Å². The minimum absolute atomic E-state index is 0.0500. The van der Waals surface area contributed by atoms with Crippen LogP contribution >= 0.6 is 23.4 Å². The number of amides is 1. The summed E-state index contributed by atoms with van der Waals surface area (Å²) in [5.74, 6) is 2.38. The maximum Gasteiger partial charge on any atom is 0.224 e. The number of carbonyl (C=O) groups excluding carboxylic acids is 1. The number of benzene rings is 1. The number of ether oxygens (including phenoxy) is 1. The molecule has 0 unspecified atom stereocenters. The number of nitrogens with zero attached hydrogens (tertiary/aromatic N) is 1. The summed E-state index contributed by atoms with van der Waals surface area (Å²) < 4.78 is 5.50. The van der Waals surface area contributed by atoms with Gasteiger partial charge in [0.1, 0.15) is 0 Å². The number of carbonyl (C=O) groups is 1. The fourth-order valence-electron chi connectivity index (χ4n) is 3.53. The number of hydrogen-bond acceptors (Lipinski definition) is 4. The van der Waals surface area contributed by atoms with E-state index in [4.69, 9.17) is 16.3 Å². The van der Waals surface area contributed by atoms with Gasteiger partial charge in [-0.1, -0.05) is 29.8 Å². The first-order valence-electron chi connectivity index (χ1n) is 8.60. The molecular formula is C18H25ClN2O2S. The summed E-state index contributed by atoms with van der Waals surface area (Å²) in [6, 6.07) is 7.55. The van der Waals surface area contributed by atoms with Gasteiger partial charge in [-0.3, -0.25) is 9.69 Å². The van der Waals surface area contributed by atoms with Crippen LogP contribution < -0.4 is 5.32 Å². The van der Waals surface area contributed by atoms with E-state index in [1.54, 1.807) is 0 Å². The van der Waals surface area contributed by atoms with Gasteiger partial charge in [0.2, 0.25) is 5.91 Å². The van der Waals surface area contributed by atoms with Crippen molar-refractivity contribution in [3.63, 3.8) is 0 Å². The summed E-state index contributed by atoms with van der Waals surface area (Å²) in [7, 11) is 0. The first kappa shape index (κ1) is 18.1. The first-order chi connectivity index (χ1) is 11.7. The molecule has 0 radical (unpaired) electrons. The van der Waals surface area contributed by atoms with E-state index < -0.39 is 0 Å². The monoisotopic (exact) mass is 368 g/mol. The van der Waals surface area contributed by atoms with Gasteiger partial charge < -0.3 is 10.1 Å². The van der Waals surface area contributed by atoms with Crippen LogP contribution in [0, 0.1) is 0 Å². The van der Waals surface area contributed by atoms with Gasteiger partial charge in [-0.15, -0.1) is 0 Å². The van der Waals surface area contributed by atoms with Crippen molar-refractivity contribution in [1.29, 1.82) is 0 Å². The van der Waals surface area contributed by atoms with Gasteiger partial charge in [0.25, 0.3) is 0 Å². The number of hydrogen-bond donors (Lipinski definition) is 1. The molecule has 0 saturated carbocycles. The first-order valence-corrected chi connectivity index (χ1v) is 10.1. The molecule has 1 aromatic carbocycles. The third-order valence-electron chi connectivity index (χ3n) is 5.03. The van der Waals surface area contributed by atoms with Crippen molar-refractivity contribution in [3.05, 3.63) is 34.9 Å².